The quantitative estimate of drug-likeness (QED) is 0.899. The van der Waals surface area contributed by atoms with Crippen molar-refractivity contribution in [3.8, 4) is 0 Å². The monoisotopic (exact) mass is 344 g/mol. The number of carbonyl (C=O) groups excluding carboxylic acids is 1. The van der Waals surface area contributed by atoms with Crippen LogP contribution in [-0.2, 0) is 11.3 Å². The first kappa shape index (κ1) is 17.2. The van der Waals surface area contributed by atoms with Crippen molar-refractivity contribution < 1.29 is 4.79 Å². The summed E-state index contributed by atoms with van der Waals surface area (Å²) in [5.74, 6) is 0.387. The Bertz CT molecular complexity index is 714. The third-order valence-corrected chi connectivity index (χ3v) is 5.63. The molecule has 0 bridgehead atoms. The number of amides is 1. The maximum atomic E-state index is 13.1. The minimum Gasteiger partial charge on any atom is -0.338 e. The number of fused-ring (bicyclic) bond motifs is 1. The lowest BCUT2D eigenvalue weighted by atomic mass is 9.72. The van der Waals surface area contributed by atoms with Crippen LogP contribution in [0.5, 0.6) is 0 Å². The Morgan fingerprint density at radius 2 is 1.75 bits per heavy atom. The van der Waals surface area contributed by atoms with Gasteiger partial charge in [-0.1, -0.05) is 42.5 Å². The number of hydrogen-bond donors (Lipinski definition) is 1. The summed E-state index contributed by atoms with van der Waals surface area (Å²) in [5.41, 5.74) is 1.18. The zero-order valence-electron chi connectivity index (χ0n) is 14.0. The molecule has 0 aromatic heterocycles. The minimum atomic E-state index is -0.0892. The van der Waals surface area contributed by atoms with Gasteiger partial charge in [0.05, 0.1) is 5.41 Å². The Labute approximate surface area is 149 Å². The van der Waals surface area contributed by atoms with Gasteiger partial charge in [-0.25, -0.2) is 0 Å². The second-order valence-electron chi connectivity index (χ2n) is 7.00. The molecule has 0 radical (unpaired) electrons. The number of carbonyl (C=O) groups is 1. The standard InChI is InChI=1S/C20H24N2O.ClH/c23-19-20(10-12-21-13-11-20)9-4-14-22(19)15-17-7-3-6-16-5-1-2-8-18(16)17;/h1-3,5-8,21H,4,9-15H2;1H. The molecule has 4 heteroatoms. The third kappa shape index (κ3) is 3.03. The highest BCUT2D eigenvalue weighted by atomic mass is 35.5. The molecule has 2 aliphatic rings. The lowest BCUT2D eigenvalue weighted by Crippen LogP contribution is -2.52. The molecule has 2 aliphatic heterocycles. The summed E-state index contributed by atoms with van der Waals surface area (Å²) in [6.07, 6.45) is 4.20. The van der Waals surface area contributed by atoms with Crippen LogP contribution in [0.3, 0.4) is 0 Å². The number of likely N-dealkylation sites (tertiary alicyclic amines) is 1. The molecule has 2 aromatic rings. The maximum Gasteiger partial charge on any atom is 0.229 e. The van der Waals surface area contributed by atoms with Crippen molar-refractivity contribution in [1.29, 1.82) is 0 Å². The van der Waals surface area contributed by atoms with Gasteiger partial charge in [0.15, 0.2) is 0 Å². The highest BCUT2D eigenvalue weighted by molar-refractivity contribution is 5.87. The van der Waals surface area contributed by atoms with Gasteiger partial charge < -0.3 is 10.2 Å². The summed E-state index contributed by atoms with van der Waals surface area (Å²) in [7, 11) is 0. The van der Waals surface area contributed by atoms with Crippen molar-refractivity contribution in [1.82, 2.24) is 10.2 Å². The van der Waals surface area contributed by atoms with Crippen molar-refractivity contribution in [2.45, 2.75) is 32.2 Å². The zero-order chi connectivity index (χ0) is 15.7. The molecule has 1 spiro atoms. The van der Waals surface area contributed by atoms with E-state index in [2.05, 4.69) is 52.7 Å². The molecule has 3 nitrogen and oxygen atoms in total. The van der Waals surface area contributed by atoms with Crippen LogP contribution in [0.25, 0.3) is 10.8 Å². The van der Waals surface area contributed by atoms with Crippen LogP contribution in [0.4, 0.5) is 0 Å². The van der Waals surface area contributed by atoms with Gasteiger partial charge in [-0.2, -0.15) is 0 Å². The zero-order valence-corrected chi connectivity index (χ0v) is 14.8. The molecule has 4 rings (SSSR count). The van der Waals surface area contributed by atoms with Crippen LogP contribution in [0.1, 0.15) is 31.2 Å². The minimum absolute atomic E-state index is 0. The number of rotatable bonds is 2. The molecular formula is C20H25ClN2O. The van der Waals surface area contributed by atoms with Gasteiger partial charge in [0.1, 0.15) is 0 Å². The van der Waals surface area contributed by atoms with Gasteiger partial charge in [-0.15, -0.1) is 12.4 Å². The van der Waals surface area contributed by atoms with E-state index in [0.717, 1.165) is 51.9 Å². The summed E-state index contributed by atoms with van der Waals surface area (Å²) in [5, 5.41) is 5.92. The Hall–Kier alpha value is -1.58. The van der Waals surface area contributed by atoms with Crippen LogP contribution in [0.2, 0.25) is 0 Å². The van der Waals surface area contributed by atoms with Crippen LogP contribution in [0.15, 0.2) is 42.5 Å². The largest absolute Gasteiger partial charge is 0.338 e. The van der Waals surface area contributed by atoms with E-state index in [-0.39, 0.29) is 17.8 Å². The molecule has 2 aromatic carbocycles. The first-order valence-corrected chi connectivity index (χ1v) is 8.75. The molecule has 2 heterocycles. The smallest absolute Gasteiger partial charge is 0.229 e. The number of nitrogens with zero attached hydrogens (tertiary/aromatic N) is 1. The highest BCUT2D eigenvalue weighted by Crippen LogP contribution is 2.39. The topological polar surface area (TPSA) is 32.3 Å². The molecule has 0 saturated carbocycles. The van der Waals surface area contributed by atoms with Crippen LogP contribution >= 0.6 is 12.4 Å². The fourth-order valence-electron chi connectivity index (χ4n) is 4.31. The molecule has 2 saturated heterocycles. The fraction of sp³-hybridized carbons (Fsp3) is 0.450. The average molecular weight is 345 g/mol. The van der Waals surface area contributed by atoms with E-state index in [1.54, 1.807) is 0 Å². The molecule has 128 valence electrons. The van der Waals surface area contributed by atoms with Gasteiger partial charge in [0.2, 0.25) is 5.91 Å². The highest BCUT2D eigenvalue weighted by Gasteiger charge is 2.44. The molecule has 1 amide bonds. The van der Waals surface area contributed by atoms with E-state index in [9.17, 15) is 4.79 Å². The summed E-state index contributed by atoms with van der Waals surface area (Å²) in [6, 6.07) is 14.9. The number of nitrogens with one attached hydrogen (secondary N) is 1. The Kier molecular flexibility index (Phi) is 5.12. The van der Waals surface area contributed by atoms with Crippen molar-refractivity contribution >= 4 is 29.1 Å². The fourth-order valence-corrected chi connectivity index (χ4v) is 4.31. The molecule has 1 N–H and O–H groups in total. The van der Waals surface area contributed by atoms with Gasteiger partial charge in [0.25, 0.3) is 0 Å². The SMILES string of the molecule is Cl.O=C1N(Cc2cccc3ccccc23)CCCC12CCNCC2. The molecule has 24 heavy (non-hydrogen) atoms. The molecule has 2 fully saturated rings. The first-order valence-electron chi connectivity index (χ1n) is 8.75. The number of piperidine rings is 2. The van der Waals surface area contributed by atoms with Crippen LogP contribution < -0.4 is 5.32 Å². The molecular weight excluding hydrogens is 320 g/mol. The van der Waals surface area contributed by atoms with Gasteiger partial charge in [-0.05, 0) is 55.1 Å². The number of hydrogen-bond acceptors (Lipinski definition) is 2. The maximum absolute atomic E-state index is 13.1. The Morgan fingerprint density at radius 1 is 1.00 bits per heavy atom. The molecule has 0 unspecified atom stereocenters. The van der Waals surface area contributed by atoms with E-state index in [0.29, 0.717) is 5.91 Å². The van der Waals surface area contributed by atoms with Gasteiger partial charge >= 0.3 is 0 Å². The van der Waals surface area contributed by atoms with E-state index in [1.807, 2.05) is 0 Å². The summed E-state index contributed by atoms with van der Waals surface area (Å²) >= 11 is 0. The van der Waals surface area contributed by atoms with Crippen molar-refractivity contribution in [3.63, 3.8) is 0 Å². The van der Waals surface area contributed by atoms with Gasteiger partial charge in [0, 0.05) is 13.1 Å². The Balaban J connectivity index is 0.00000169. The Morgan fingerprint density at radius 3 is 2.58 bits per heavy atom. The van der Waals surface area contributed by atoms with E-state index < -0.39 is 0 Å². The average Bonchev–Trinajstić information content (AvgIpc) is 2.60. The second-order valence-corrected chi connectivity index (χ2v) is 7.00. The second kappa shape index (κ2) is 7.12. The predicted octanol–water partition coefficient (Wildman–Crippen LogP) is 3.75. The lowest BCUT2D eigenvalue weighted by Gasteiger charge is -2.44. The summed E-state index contributed by atoms with van der Waals surface area (Å²) in [4.78, 5) is 15.2. The van der Waals surface area contributed by atoms with Crippen LogP contribution in [0, 0.1) is 5.41 Å². The van der Waals surface area contributed by atoms with Crippen molar-refractivity contribution in [2.24, 2.45) is 5.41 Å². The lowest BCUT2D eigenvalue weighted by molar-refractivity contribution is -0.149. The molecule has 0 atom stereocenters. The van der Waals surface area contributed by atoms with Gasteiger partial charge in [-0.3, -0.25) is 4.79 Å². The van der Waals surface area contributed by atoms with Crippen molar-refractivity contribution in [3.05, 3.63) is 48.0 Å². The number of benzene rings is 2. The number of halogens is 1. The molecule has 0 aliphatic carbocycles. The summed E-state index contributed by atoms with van der Waals surface area (Å²) < 4.78 is 0. The predicted molar refractivity (Wildman–Crippen MR) is 100 cm³/mol. The van der Waals surface area contributed by atoms with Crippen molar-refractivity contribution in [2.75, 3.05) is 19.6 Å². The summed E-state index contributed by atoms with van der Waals surface area (Å²) in [6.45, 7) is 3.61. The third-order valence-electron chi connectivity index (χ3n) is 5.63. The van der Waals surface area contributed by atoms with E-state index in [1.165, 1.54) is 16.3 Å². The normalized spacial score (nSPS) is 20.2. The van der Waals surface area contributed by atoms with Crippen LogP contribution in [-0.4, -0.2) is 30.4 Å². The van der Waals surface area contributed by atoms with E-state index >= 15 is 0 Å². The van der Waals surface area contributed by atoms with E-state index in [4.69, 9.17) is 0 Å². The first-order chi connectivity index (χ1) is 11.3.